The summed E-state index contributed by atoms with van der Waals surface area (Å²) in [6.45, 7) is 5.54. The quantitative estimate of drug-likeness (QED) is 0.658. The zero-order chi connectivity index (χ0) is 11.2. The molecule has 0 spiro atoms. The zero-order valence-electron chi connectivity index (χ0n) is 9.71. The van der Waals surface area contributed by atoms with E-state index in [1.165, 1.54) is 0 Å². The van der Waals surface area contributed by atoms with Crippen molar-refractivity contribution in [3.63, 3.8) is 0 Å². The van der Waals surface area contributed by atoms with Gasteiger partial charge in [-0.2, -0.15) is 0 Å². The van der Waals surface area contributed by atoms with E-state index in [9.17, 15) is 4.79 Å². The number of hydrogen-bond acceptors (Lipinski definition) is 3. The number of carbonyl (C=O) groups excluding carboxylic acids is 1. The van der Waals surface area contributed by atoms with Gasteiger partial charge in [-0.05, 0) is 25.8 Å². The molecule has 0 radical (unpaired) electrons. The SMILES string of the molecule is O=C(NCCCN1CCOCC1)NC1CC1. The molecule has 1 saturated heterocycles. The molecule has 1 aliphatic heterocycles. The molecule has 2 fully saturated rings. The smallest absolute Gasteiger partial charge is 0.315 e. The molecule has 0 aromatic carbocycles. The summed E-state index contributed by atoms with van der Waals surface area (Å²) in [6, 6.07) is 0.434. The van der Waals surface area contributed by atoms with Gasteiger partial charge in [-0.3, -0.25) is 4.90 Å². The Balaban J connectivity index is 1.45. The van der Waals surface area contributed by atoms with Gasteiger partial charge < -0.3 is 15.4 Å². The predicted octanol–water partition coefficient (Wildman–Crippen LogP) is 0.170. The summed E-state index contributed by atoms with van der Waals surface area (Å²) >= 11 is 0. The molecule has 0 bridgehead atoms. The Bertz CT molecular complexity index is 225. The maximum atomic E-state index is 11.3. The number of rotatable bonds is 5. The summed E-state index contributed by atoms with van der Waals surface area (Å²) in [5.41, 5.74) is 0. The fraction of sp³-hybridized carbons (Fsp3) is 0.909. The molecule has 0 aromatic heterocycles. The number of morpholine rings is 1. The second-order valence-corrected chi connectivity index (χ2v) is 4.48. The van der Waals surface area contributed by atoms with Crippen LogP contribution in [-0.4, -0.2) is 56.4 Å². The largest absolute Gasteiger partial charge is 0.379 e. The Morgan fingerprint density at radius 2 is 2.06 bits per heavy atom. The Morgan fingerprint density at radius 3 is 2.75 bits per heavy atom. The third-order valence-electron chi connectivity index (χ3n) is 2.95. The van der Waals surface area contributed by atoms with Crippen LogP contribution in [0, 0.1) is 0 Å². The first-order chi connectivity index (χ1) is 7.84. The van der Waals surface area contributed by atoms with E-state index < -0.39 is 0 Å². The third kappa shape index (κ3) is 4.37. The van der Waals surface area contributed by atoms with Crippen LogP contribution < -0.4 is 10.6 Å². The topological polar surface area (TPSA) is 53.6 Å². The van der Waals surface area contributed by atoms with Crippen LogP contribution in [0.25, 0.3) is 0 Å². The maximum absolute atomic E-state index is 11.3. The lowest BCUT2D eigenvalue weighted by atomic mass is 10.3. The highest BCUT2D eigenvalue weighted by Crippen LogP contribution is 2.18. The van der Waals surface area contributed by atoms with Crippen molar-refractivity contribution < 1.29 is 9.53 Å². The molecule has 1 heterocycles. The Morgan fingerprint density at radius 1 is 1.31 bits per heavy atom. The van der Waals surface area contributed by atoms with Crippen molar-refractivity contribution in [3.05, 3.63) is 0 Å². The molecule has 1 saturated carbocycles. The second-order valence-electron chi connectivity index (χ2n) is 4.48. The van der Waals surface area contributed by atoms with Gasteiger partial charge in [0.1, 0.15) is 0 Å². The molecule has 2 amide bonds. The normalized spacial score (nSPS) is 21.8. The summed E-state index contributed by atoms with van der Waals surface area (Å²) in [5, 5.41) is 5.79. The van der Waals surface area contributed by atoms with Crippen LogP contribution in [0.1, 0.15) is 19.3 Å². The van der Waals surface area contributed by atoms with Gasteiger partial charge in [0, 0.05) is 25.7 Å². The van der Waals surface area contributed by atoms with Crippen LogP contribution in [0.2, 0.25) is 0 Å². The van der Waals surface area contributed by atoms with Gasteiger partial charge in [0.15, 0.2) is 0 Å². The van der Waals surface area contributed by atoms with Crippen LogP contribution in [0.15, 0.2) is 0 Å². The van der Waals surface area contributed by atoms with E-state index in [4.69, 9.17) is 4.74 Å². The molecule has 0 aromatic rings. The van der Waals surface area contributed by atoms with Crippen molar-refractivity contribution in [2.24, 2.45) is 0 Å². The average molecular weight is 227 g/mol. The van der Waals surface area contributed by atoms with Crippen molar-refractivity contribution in [1.29, 1.82) is 0 Å². The zero-order valence-corrected chi connectivity index (χ0v) is 9.71. The van der Waals surface area contributed by atoms with Gasteiger partial charge in [-0.15, -0.1) is 0 Å². The molecule has 2 N–H and O–H groups in total. The number of amides is 2. The number of hydrogen-bond donors (Lipinski definition) is 2. The fourth-order valence-corrected chi connectivity index (χ4v) is 1.79. The molecule has 1 aliphatic carbocycles. The number of nitrogens with one attached hydrogen (secondary N) is 2. The monoisotopic (exact) mass is 227 g/mol. The number of ether oxygens (including phenoxy) is 1. The van der Waals surface area contributed by atoms with E-state index in [1.54, 1.807) is 0 Å². The summed E-state index contributed by atoms with van der Waals surface area (Å²) in [4.78, 5) is 13.7. The van der Waals surface area contributed by atoms with E-state index in [0.29, 0.717) is 6.04 Å². The van der Waals surface area contributed by atoms with Crippen molar-refractivity contribution in [2.45, 2.75) is 25.3 Å². The predicted molar refractivity (Wildman–Crippen MR) is 61.4 cm³/mol. The maximum Gasteiger partial charge on any atom is 0.315 e. The van der Waals surface area contributed by atoms with E-state index in [-0.39, 0.29) is 6.03 Å². The van der Waals surface area contributed by atoms with Gasteiger partial charge in [0.25, 0.3) is 0 Å². The minimum atomic E-state index is -0.00974. The van der Waals surface area contributed by atoms with Gasteiger partial charge >= 0.3 is 6.03 Å². The van der Waals surface area contributed by atoms with Crippen molar-refractivity contribution >= 4 is 6.03 Å². The number of nitrogens with zero attached hydrogens (tertiary/aromatic N) is 1. The number of urea groups is 1. The van der Waals surface area contributed by atoms with Crippen LogP contribution in [0.4, 0.5) is 4.79 Å². The van der Waals surface area contributed by atoms with Gasteiger partial charge in [-0.25, -0.2) is 4.79 Å². The van der Waals surface area contributed by atoms with Crippen LogP contribution in [0.3, 0.4) is 0 Å². The van der Waals surface area contributed by atoms with Crippen molar-refractivity contribution in [2.75, 3.05) is 39.4 Å². The Kier molecular flexibility index (Phi) is 4.42. The fourth-order valence-electron chi connectivity index (χ4n) is 1.79. The number of carbonyl (C=O) groups is 1. The average Bonchev–Trinajstić information content (AvgIpc) is 3.10. The van der Waals surface area contributed by atoms with Crippen LogP contribution >= 0.6 is 0 Å². The van der Waals surface area contributed by atoms with Gasteiger partial charge in [0.2, 0.25) is 0 Å². The molecular weight excluding hydrogens is 206 g/mol. The lowest BCUT2D eigenvalue weighted by Gasteiger charge is -2.26. The second kappa shape index (κ2) is 6.06. The summed E-state index contributed by atoms with van der Waals surface area (Å²) in [6.07, 6.45) is 3.29. The molecule has 2 aliphatic rings. The lowest BCUT2D eigenvalue weighted by molar-refractivity contribution is 0.0375. The summed E-state index contributed by atoms with van der Waals surface area (Å²) in [5.74, 6) is 0. The first-order valence-electron chi connectivity index (χ1n) is 6.19. The van der Waals surface area contributed by atoms with Crippen LogP contribution in [0.5, 0.6) is 0 Å². The standard InChI is InChI=1S/C11H21N3O2/c15-11(13-10-2-3-10)12-4-1-5-14-6-8-16-9-7-14/h10H,1-9H2,(H2,12,13,15). The minimum Gasteiger partial charge on any atom is -0.379 e. The van der Waals surface area contributed by atoms with Crippen molar-refractivity contribution in [3.8, 4) is 0 Å². The third-order valence-corrected chi connectivity index (χ3v) is 2.95. The minimum absolute atomic E-state index is 0.00974. The lowest BCUT2D eigenvalue weighted by Crippen LogP contribution is -2.40. The van der Waals surface area contributed by atoms with E-state index in [0.717, 1.165) is 58.7 Å². The highest BCUT2D eigenvalue weighted by atomic mass is 16.5. The van der Waals surface area contributed by atoms with Gasteiger partial charge in [-0.1, -0.05) is 0 Å². The molecule has 92 valence electrons. The first kappa shape index (κ1) is 11.7. The molecule has 16 heavy (non-hydrogen) atoms. The van der Waals surface area contributed by atoms with E-state index in [2.05, 4.69) is 15.5 Å². The summed E-state index contributed by atoms with van der Waals surface area (Å²) in [7, 11) is 0. The van der Waals surface area contributed by atoms with E-state index in [1.807, 2.05) is 0 Å². The molecule has 5 heteroatoms. The molecule has 0 unspecified atom stereocenters. The van der Waals surface area contributed by atoms with Gasteiger partial charge in [0.05, 0.1) is 13.2 Å². The summed E-state index contributed by atoms with van der Waals surface area (Å²) < 4.78 is 5.27. The molecular formula is C11H21N3O2. The van der Waals surface area contributed by atoms with Crippen molar-refractivity contribution in [1.82, 2.24) is 15.5 Å². The highest BCUT2D eigenvalue weighted by Gasteiger charge is 2.22. The van der Waals surface area contributed by atoms with E-state index >= 15 is 0 Å². The molecule has 2 rings (SSSR count). The molecule has 0 atom stereocenters. The Labute approximate surface area is 96.5 Å². The first-order valence-corrected chi connectivity index (χ1v) is 6.19. The van der Waals surface area contributed by atoms with Crippen LogP contribution in [-0.2, 0) is 4.74 Å². The Hall–Kier alpha value is -0.810. The molecule has 5 nitrogen and oxygen atoms in total. The highest BCUT2D eigenvalue weighted by molar-refractivity contribution is 5.74.